The summed E-state index contributed by atoms with van der Waals surface area (Å²) in [4.78, 5) is 0. The van der Waals surface area contributed by atoms with Crippen LogP contribution in [0.1, 0.15) is 58.1 Å². The van der Waals surface area contributed by atoms with Gasteiger partial charge >= 0.3 is 29.6 Å². The van der Waals surface area contributed by atoms with Crippen LogP contribution in [0.25, 0.3) is 0 Å². The van der Waals surface area contributed by atoms with Crippen molar-refractivity contribution < 1.29 is 33.2 Å². The first-order valence-electron chi connectivity index (χ1n) is 16.2. The summed E-state index contributed by atoms with van der Waals surface area (Å²) in [7, 11) is 0. The van der Waals surface area contributed by atoms with Crippen LogP contribution in [0.2, 0.25) is 0 Å². The Kier molecular flexibility index (Phi) is 21.2. The predicted octanol–water partition coefficient (Wildman–Crippen LogP) is 7.36. The molecule has 0 bridgehead atoms. The van der Waals surface area contributed by atoms with Gasteiger partial charge in [0.15, 0.2) is 16.6 Å². The van der Waals surface area contributed by atoms with E-state index in [1.165, 1.54) is 11.1 Å². The topological polar surface area (TPSA) is 88.7 Å². The Bertz CT molecular complexity index is 1230. The van der Waals surface area contributed by atoms with Gasteiger partial charge in [-0.25, -0.2) is 0 Å². The Morgan fingerprint density at radius 1 is 0.660 bits per heavy atom. The van der Waals surface area contributed by atoms with Crippen LogP contribution < -0.4 is 29.6 Å². The van der Waals surface area contributed by atoms with Crippen molar-refractivity contribution in [1.82, 2.24) is 0 Å². The Morgan fingerprint density at radius 3 is 1.64 bits per heavy atom. The molecule has 0 unspecified atom stereocenters. The van der Waals surface area contributed by atoms with E-state index in [2.05, 4.69) is 30.5 Å². The fourth-order valence-electron chi connectivity index (χ4n) is 4.43. The second-order valence-electron chi connectivity index (χ2n) is 10.3. The van der Waals surface area contributed by atoms with Gasteiger partial charge in [-0.2, -0.15) is 0 Å². The van der Waals surface area contributed by atoms with Crippen molar-refractivity contribution in [3.05, 3.63) is 71.8 Å². The molecule has 0 atom stereocenters. The summed E-state index contributed by atoms with van der Waals surface area (Å²) in [6.45, 7) is 13.7. The van der Waals surface area contributed by atoms with Crippen LogP contribution in [0.3, 0.4) is 0 Å². The molecule has 47 heavy (non-hydrogen) atoms. The fraction of sp³-hybridized carbons (Fsp3) is 0.472. The molecule has 1 aliphatic heterocycles. The van der Waals surface area contributed by atoms with Gasteiger partial charge in [-0.15, -0.1) is 0 Å². The van der Waals surface area contributed by atoms with Crippen LogP contribution in [0.5, 0.6) is 23.0 Å². The zero-order valence-electron chi connectivity index (χ0n) is 27.7. The molecule has 3 aromatic carbocycles. The van der Waals surface area contributed by atoms with Crippen molar-refractivity contribution in [3.63, 3.8) is 0 Å². The summed E-state index contributed by atoms with van der Waals surface area (Å²) in [6, 6.07) is 19.5. The Hall–Kier alpha value is -2.57. The van der Waals surface area contributed by atoms with Gasteiger partial charge in [0.05, 0.1) is 46.2 Å². The summed E-state index contributed by atoms with van der Waals surface area (Å²) in [5.41, 5.74) is 4.26. The number of ether oxygens (including phenoxy) is 7. The molecule has 0 saturated heterocycles. The Balaban J connectivity index is 0.000000321. The minimum atomic E-state index is 0. The number of hydrogen-bond donors (Lipinski definition) is 2. The number of rotatable bonds is 19. The average Bonchev–Trinajstić information content (AvgIpc) is 3.52. The van der Waals surface area contributed by atoms with Gasteiger partial charge in [0.25, 0.3) is 0 Å². The second kappa shape index (κ2) is 24.6. The summed E-state index contributed by atoms with van der Waals surface area (Å²) in [5, 5.41) is 6.80. The number of hydrogen-bond acceptors (Lipinski definition) is 8. The van der Waals surface area contributed by atoms with Gasteiger partial charge in [0, 0.05) is 18.0 Å². The normalized spacial score (nSPS) is 11.1. The van der Waals surface area contributed by atoms with E-state index in [-0.39, 0.29) is 29.6 Å². The quantitative estimate of drug-likeness (QED) is 0.0762. The molecule has 0 amide bonds. The van der Waals surface area contributed by atoms with E-state index in [1.54, 1.807) is 0 Å². The zero-order valence-corrected chi connectivity index (χ0v) is 28.5. The number of thiocarbonyl (C=S) groups is 1. The second-order valence-corrected chi connectivity index (χ2v) is 10.8. The van der Waals surface area contributed by atoms with Crippen molar-refractivity contribution in [1.29, 1.82) is 0 Å². The standard InChI is InChI=1S/C19H30O5.C17H20N2O2S.Na.H/c1-3-5-7-20-8-9-21-10-11-22-14-17-13-19-18(23-15-24-19)12-16(17)6-4-2;1-3-20-15-9-5-13(6-10-15)18-17(22)19-14-7-11-16(12-8-14)21-4-2;;/h12-13H,3-11,14-15H2,1-2H3;5-12H,3-4H2,1-2H3,(H2,18,19,22);;. The molecule has 11 heteroatoms. The molecule has 4 rings (SSSR count). The molecule has 0 aliphatic carbocycles. The van der Waals surface area contributed by atoms with E-state index in [4.69, 9.17) is 45.4 Å². The first-order valence-corrected chi connectivity index (χ1v) is 16.6. The molecule has 0 fully saturated rings. The molecule has 0 saturated carbocycles. The third-order valence-corrected chi connectivity index (χ3v) is 6.91. The van der Waals surface area contributed by atoms with Gasteiger partial charge in [-0.1, -0.05) is 26.7 Å². The number of benzene rings is 3. The number of anilines is 2. The van der Waals surface area contributed by atoms with E-state index in [0.29, 0.717) is 58.2 Å². The Morgan fingerprint density at radius 2 is 1.15 bits per heavy atom. The molecule has 3 aromatic rings. The van der Waals surface area contributed by atoms with Gasteiger partial charge in [0.2, 0.25) is 6.79 Å². The van der Waals surface area contributed by atoms with E-state index in [1.807, 2.05) is 68.4 Å². The van der Waals surface area contributed by atoms with Crippen molar-refractivity contribution in [2.45, 2.75) is 60.0 Å². The Labute approximate surface area is 308 Å². The van der Waals surface area contributed by atoms with Crippen molar-refractivity contribution >= 4 is 58.3 Å². The van der Waals surface area contributed by atoms with Crippen molar-refractivity contribution in [3.8, 4) is 23.0 Å². The van der Waals surface area contributed by atoms with Crippen LogP contribution in [0, 0.1) is 0 Å². The third kappa shape index (κ3) is 15.9. The van der Waals surface area contributed by atoms with Crippen LogP contribution in [0.15, 0.2) is 60.7 Å². The van der Waals surface area contributed by atoms with Crippen LogP contribution in [-0.4, -0.2) is 87.7 Å². The summed E-state index contributed by atoms with van der Waals surface area (Å²) in [6.07, 6.45) is 4.38. The number of fused-ring (bicyclic) bond motifs is 1. The molecule has 1 aliphatic rings. The SMILES string of the molecule is CCCCOCCOCCOCc1cc2c(cc1CCC)OCO2.CCOc1ccc(NC(=S)Nc2ccc(OCC)cc2)cc1.[NaH]. The van der Waals surface area contributed by atoms with E-state index in [0.717, 1.165) is 66.7 Å². The summed E-state index contributed by atoms with van der Waals surface area (Å²) in [5.74, 6) is 3.35. The molecule has 1 heterocycles. The van der Waals surface area contributed by atoms with Crippen LogP contribution in [0.4, 0.5) is 11.4 Å². The predicted molar refractivity (Wildman–Crippen MR) is 195 cm³/mol. The molecular formula is C36H51N2NaO7S. The summed E-state index contributed by atoms with van der Waals surface area (Å²) >= 11 is 5.30. The first-order chi connectivity index (χ1) is 22.6. The molecule has 9 nitrogen and oxygen atoms in total. The van der Waals surface area contributed by atoms with E-state index >= 15 is 0 Å². The minimum absolute atomic E-state index is 0. The van der Waals surface area contributed by atoms with Gasteiger partial charge < -0.3 is 43.8 Å². The molecule has 0 radical (unpaired) electrons. The van der Waals surface area contributed by atoms with E-state index < -0.39 is 0 Å². The van der Waals surface area contributed by atoms with Crippen molar-refractivity contribution in [2.75, 3.05) is 63.7 Å². The fourth-order valence-corrected chi connectivity index (χ4v) is 4.66. The number of nitrogens with one attached hydrogen (secondary N) is 2. The monoisotopic (exact) mass is 678 g/mol. The maximum atomic E-state index is 5.75. The van der Waals surface area contributed by atoms with Gasteiger partial charge in [-0.05, 0) is 111 Å². The molecule has 0 aromatic heterocycles. The molecular weight excluding hydrogens is 627 g/mol. The number of unbranched alkanes of at least 4 members (excludes halogenated alkanes) is 1. The third-order valence-electron chi connectivity index (χ3n) is 6.70. The van der Waals surface area contributed by atoms with Crippen LogP contribution >= 0.6 is 12.2 Å². The number of aryl methyl sites for hydroxylation is 1. The molecule has 0 spiro atoms. The molecule has 2 N–H and O–H groups in total. The zero-order chi connectivity index (χ0) is 32.8. The van der Waals surface area contributed by atoms with E-state index in [9.17, 15) is 0 Å². The van der Waals surface area contributed by atoms with Crippen LogP contribution in [-0.2, 0) is 27.2 Å². The molecule has 254 valence electrons. The van der Waals surface area contributed by atoms with Gasteiger partial charge in [0.1, 0.15) is 11.5 Å². The van der Waals surface area contributed by atoms with Crippen molar-refractivity contribution in [2.24, 2.45) is 0 Å². The van der Waals surface area contributed by atoms with Gasteiger partial charge in [-0.3, -0.25) is 0 Å². The maximum absolute atomic E-state index is 5.75. The first kappa shape index (κ1) is 40.6. The average molecular weight is 679 g/mol. The summed E-state index contributed by atoms with van der Waals surface area (Å²) < 4.78 is 38.4.